The van der Waals surface area contributed by atoms with Crippen molar-refractivity contribution in [1.29, 1.82) is 0 Å². The Morgan fingerprint density at radius 3 is 2.31 bits per heavy atom. The molecule has 0 aromatic carbocycles. The summed E-state index contributed by atoms with van der Waals surface area (Å²) in [5, 5.41) is 0. The molecule has 1 amide bonds. The second-order valence-electron chi connectivity index (χ2n) is 7.59. The molecule has 0 fully saturated rings. The van der Waals surface area contributed by atoms with Crippen LogP contribution in [-0.4, -0.2) is 43.4 Å². The van der Waals surface area contributed by atoms with Gasteiger partial charge in [0.2, 0.25) is 5.91 Å². The SMILES string of the molecule is C=C(S)C(CC(C(C)C)N(COCCCCC)C(=O)C[C@@H](C)CC)OC. The van der Waals surface area contributed by atoms with Crippen LogP contribution < -0.4 is 0 Å². The van der Waals surface area contributed by atoms with Crippen LogP contribution in [0.4, 0.5) is 0 Å². The summed E-state index contributed by atoms with van der Waals surface area (Å²) in [6, 6.07) is 0.0339. The van der Waals surface area contributed by atoms with E-state index in [1.165, 1.54) is 0 Å². The average Bonchev–Trinajstić information content (AvgIpc) is 2.59. The fourth-order valence-electron chi connectivity index (χ4n) is 2.88. The molecule has 5 heteroatoms. The number of carbonyl (C=O) groups is 1. The zero-order valence-electron chi connectivity index (χ0n) is 17.8. The molecule has 0 bridgehead atoms. The third kappa shape index (κ3) is 9.98. The summed E-state index contributed by atoms with van der Waals surface area (Å²) in [6.07, 6.45) is 5.40. The summed E-state index contributed by atoms with van der Waals surface area (Å²) in [7, 11) is 1.66. The highest BCUT2D eigenvalue weighted by Crippen LogP contribution is 2.24. The lowest BCUT2D eigenvalue weighted by Gasteiger charge is -2.36. The molecule has 0 spiro atoms. The van der Waals surface area contributed by atoms with E-state index in [-0.39, 0.29) is 18.1 Å². The maximum atomic E-state index is 13.0. The number of unbranched alkanes of at least 4 members (excludes halogenated alkanes) is 2. The third-order valence-corrected chi connectivity index (χ3v) is 5.23. The number of methoxy groups -OCH3 is 1. The summed E-state index contributed by atoms with van der Waals surface area (Å²) in [5.41, 5.74) is 0. The van der Waals surface area contributed by atoms with Gasteiger partial charge in [-0.25, -0.2) is 0 Å². The van der Waals surface area contributed by atoms with E-state index < -0.39 is 0 Å². The molecule has 0 radical (unpaired) electrons. The maximum Gasteiger partial charge on any atom is 0.224 e. The Bertz CT molecular complexity index is 401. The predicted molar refractivity (Wildman–Crippen MR) is 113 cm³/mol. The van der Waals surface area contributed by atoms with Gasteiger partial charge in [-0.1, -0.05) is 60.5 Å². The Hall–Kier alpha value is -0.520. The van der Waals surface area contributed by atoms with E-state index in [1.807, 2.05) is 4.90 Å². The number of carbonyl (C=O) groups excluding carboxylic acids is 1. The molecular weight excluding hydrogens is 346 g/mol. The minimum Gasteiger partial charge on any atom is -0.376 e. The molecule has 0 aliphatic heterocycles. The molecule has 0 N–H and O–H groups in total. The van der Waals surface area contributed by atoms with E-state index in [1.54, 1.807) is 7.11 Å². The molecule has 0 saturated carbocycles. The second kappa shape index (κ2) is 14.5. The molecule has 0 aliphatic carbocycles. The van der Waals surface area contributed by atoms with E-state index in [0.717, 1.165) is 25.7 Å². The predicted octanol–water partition coefficient (Wildman–Crippen LogP) is 5.29. The first-order valence-corrected chi connectivity index (χ1v) is 10.5. The maximum absolute atomic E-state index is 13.0. The molecular formula is C21H41NO3S. The van der Waals surface area contributed by atoms with Crippen LogP contribution >= 0.6 is 12.6 Å². The number of ether oxygens (including phenoxy) is 2. The zero-order chi connectivity index (χ0) is 20.1. The summed E-state index contributed by atoms with van der Waals surface area (Å²) in [4.78, 5) is 15.6. The summed E-state index contributed by atoms with van der Waals surface area (Å²) in [6.45, 7) is 15.6. The largest absolute Gasteiger partial charge is 0.376 e. The Balaban J connectivity index is 5.18. The van der Waals surface area contributed by atoms with Crippen LogP contribution in [0.2, 0.25) is 0 Å². The van der Waals surface area contributed by atoms with Gasteiger partial charge in [0, 0.05) is 31.1 Å². The monoisotopic (exact) mass is 387 g/mol. The highest BCUT2D eigenvalue weighted by molar-refractivity contribution is 7.84. The highest BCUT2D eigenvalue weighted by Gasteiger charge is 2.30. The van der Waals surface area contributed by atoms with E-state index in [4.69, 9.17) is 9.47 Å². The first-order valence-electron chi connectivity index (χ1n) is 10.1. The lowest BCUT2D eigenvalue weighted by molar-refractivity contribution is -0.143. The lowest BCUT2D eigenvalue weighted by atomic mass is 9.95. The minimum absolute atomic E-state index is 0.0339. The van der Waals surface area contributed by atoms with Gasteiger partial charge in [0.1, 0.15) is 6.73 Å². The van der Waals surface area contributed by atoms with Crippen molar-refractivity contribution in [3.63, 3.8) is 0 Å². The van der Waals surface area contributed by atoms with Crippen molar-refractivity contribution in [2.45, 2.75) is 85.3 Å². The molecule has 0 aromatic heterocycles. The standard InChI is InChI=1S/C21H41NO3S/c1-8-10-11-12-25-15-22(21(23)13-17(5)9-2)19(16(3)4)14-20(24-7)18(6)26/h16-17,19-20,26H,6,8-15H2,1-5,7H3/t17-,19?,20?/m0/s1. The van der Waals surface area contributed by atoms with Crippen molar-refractivity contribution < 1.29 is 14.3 Å². The number of amides is 1. The van der Waals surface area contributed by atoms with Crippen molar-refractivity contribution in [2.75, 3.05) is 20.4 Å². The van der Waals surface area contributed by atoms with Crippen LogP contribution in [0, 0.1) is 11.8 Å². The molecule has 0 aliphatic rings. The Morgan fingerprint density at radius 1 is 1.19 bits per heavy atom. The van der Waals surface area contributed by atoms with Crippen molar-refractivity contribution in [2.24, 2.45) is 11.8 Å². The van der Waals surface area contributed by atoms with Gasteiger partial charge in [0.15, 0.2) is 0 Å². The Labute approximate surface area is 167 Å². The quantitative estimate of drug-likeness (QED) is 0.236. The zero-order valence-corrected chi connectivity index (χ0v) is 18.7. The van der Waals surface area contributed by atoms with Crippen LogP contribution in [0.1, 0.15) is 73.1 Å². The van der Waals surface area contributed by atoms with Gasteiger partial charge < -0.3 is 14.4 Å². The molecule has 0 rings (SSSR count). The number of hydrogen-bond donors (Lipinski definition) is 1. The van der Waals surface area contributed by atoms with E-state index in [0.29, 0.717) is 42.9 Å². The van der Waals surface area contributed by atoms with Crippen LogP contribution in [0.25, 0.3) is 0 Å². The van der Waals surface area contributed by atoms with Gasteiger partial charge >= 0.3 is 0 Å². The van der Waals surface area contributed by atoms with Crippen LogP contribution in [0.5, 0.6) is 0 Å². The molecule has 0 aromatic rings. The fourth-order valence-corrected chi connectivity index (χ4v) is 3.09. The van der Waals surface area contributed by atoms with E-state index >= 15 is 0 Å². The van der Waals surface area contributed by atoms with Crippen LogP contribution in [-0.2, 0) is 14.3 Å². The van der Waals surface area contributed by atoms with Gasteiger partial charge in [0.05, 0.1) is 6.10 Å². The fraction of sp³-hybridized carbons (Fsp3) is 0.857. The lowest BCUT2D eigenvalue weighted by Crippen LogP contribution is -2.47. The first kappa shape index (κ1) is 25.5. The molecule has 3 atom stereocenters. The molecule has 26 heavy (non-hydrogen) atoms. The highest BCUT2D eigenvalue weighted by atomic mass is 32.1. The molecule has 4 nitrogen and oxygen atoms in total. The third-order valence-electron chi connectivity index (χ3n) is 4.94. The normalized spacial score (nSPS) is 14.9. The number of hydrogen-bond acceptors (Lipinski definition) is 4. The van der Waals surface area contributed by atoms with E-state index in [9.17, 15) is 4.79 Å². The van der Waals surface area contributed by atoms with Gasteiger partial charge in [0.25, 0.3) is 0 Å². The van der Waals surface area contributed by atoms with Gasteiger partial charge in [-0.2, -0.15) is 0 Å². The first-order chi connectivity index (χ1) is 12.3. The van der Waals surface area contributed by atoms with Crippen LogP contribution in [0.15, 0.2) is 11.5 Å². The van der Waals surface area contributed by atoms with Crippen molar-refractivity contribution in [3.8, 4) is 0 Å². The van der Waals surface area contributed by atoms with Gasteiger partial charge in [-0.3, -0.25) is 4.79 Å². The summed E-state index contributed by atoms with van der Waals surface area (Å²) in [5.74, 6) is 0.824. The summed E-state index contributed by atoms with van der Waals surface area (Å²) < 4.78 is 11.4. The van der Waals surface area contributed by atoms with Crippen molar-refractivity contribution in [3.05, 3.63) is 11.5 Å². The molecule has 0 heterocycles. The van der Waals surface area contributed by atoms with Crippen molar-refractivity contribution >= 4 is 18.5 Å². The minimum atomic E-state index is -0.176. The number of thiol groups is 1. The topological polar surface area (TPSA) is 38.8 Å². The molecule has 154 valence electrons. The Kier molecular flexibility index (Phi) is 14.2. The van der Waals surface area contributed by atoms with Crippen molar-refractivity contribution in [1.82, 2.24) is 4.90 Å². The number of nitrogens with zero attached hydrogens (tertiary/aromatic N) is 1. The van der Waals surface area contributed by atoms with Gasteiger partial charge in [-0.05, 0) is 24.7 Å². The molecule has 0 saturated heterocycles. The average molecular weight is 388 g/mol. The van der Waals surface area contributed by atoms with Crippen LogP contribution in [0.3, 0.4) is 0 Å². The number of rotatable bonds is 15. The summed E-state index contributed by atoms with van der Waals surface area (Å²) >= 11 is 4.36. The van der Waals surface area contributed by atoms with Gasteiger partial charge in [-0.15, -0.1) is 12.6 Å². The second-order valence-corrected chi connectivity index (χ2v) is 8.16. The van der Waals surface area contributed by atoms with E-state index in [2.05, 4.69) is 53.8 Å². The smallest absolute Gasteiger partial charge is 0.224 e. The Morgan fingerprint density at radius 2 is 1.85 bits per heavy atom. The molecule has 2 unspecified atom stereocenters.